The molecule has 1 rings (SSSR count). The zero-order chi connectivity index (χ0) is 11.4. The van der Waals surface area contributed by atoms with Crippen molar-refractivity contribution < 1.29 is 9.90 Å². The number of rotatable bonds is 3. The summed E-state index contributed by atoms with van der Waals surface area (Å²) in [6, 6.07) is 5.12. The first kappa shape index (κ1) is 12.5. The zero-order valence-electron chi connectivity index (χ0n) is 8.13. The van der Waals surface area contributed by atoms with E-state index < -0.39 is 6.10 Å². The Labute approximate surface area is 102 Å². The maximum Gasteiger partial charge on any atom is 0.252 e. The molecular weight excluding hydrogens is 281 g/mol. The van der Waals surface area contributed by atoms with Crippen molar-refractivity contribution in [1.82, 2.24) is 5.32 Å². The molecular formula is C10H11BrClNO2. The molecule has 0 heterocycles. The summed E-state index contributed by atoms with van der Waals surface area (Å²) in [4.78, 5) is 11.6. The van der Waals surface area contributed by atoms with Crippen LogP contribution in [0.3, 0.4) is 0 Å². The van der Waals surface area contributed by atoms with Gasteiger partial charge in [0, 0.05) is 11.0 Å². The third-order valence-corrected chi connectivity index (χ3v) is 3.05. The van der Waals surface area contributed by atoms with Gasteiger partial charge in [-0.15, -0.1) is 0 Å². The molecule has 0 bridgehead atoms. The topological polar surface area (TPSA) is 49.3 Å². The molecule has 3 nitrogen and oxygen atoms in total. The minimum absolute atomic E-state index is 0.210. The van der Waals surface area contributed by atoms with Crippen molar-refractivity contribution >= 4 is 33.4 Å². The highest BCUT2D eigenvalue weighted by molar-refractivity contribution is 9.10. The number of carbonyl (C=O) groups is 1. The Hall–Kier alpha value is -0.580. The summed E-state index contributed by atoms with van der Waals surface area (Å²) in [6.07, 6.45) is -0.570. The Morgan fingerprint density at radius 2 is 2.33 bits per heavy atom. The van der Waals surface area contributed by atoms with Crippen LogP contribution < -0.4 is 5.32 Å². The molecule has 0 aliphatic rings. The second kappa shape index (κ2) is 5.49. The summed E-state index contributed by atoms with van der Waals surface area (Å²) in [7, 11) is 0. The van der Waals surface area contributed by atoms with Gasteiger partial charge in [-0.25, -0.2) is 0 Å². The zero-order valence-corrected chi connectivity index (χ0v) is 10.5. The van der Waals surface area contributed by atoms with Gasteiger partial charge in [-0.3, -0.25) is 4.79 Å². The van der Waals surface area contributed by atoms with Crippen LogP contribution in [0.2, 0.25) is 5.02 Å². The predicted molar refractivity (Wildman–Crippen MR) is 63.2 cm³/mol. The van der Waals surface area contributed by atoms with Gasteiger partial charge < -0.3 is 10.4 Å². The molecule has 15 heavy (non-hydrogen) atoms. The standard InChI is InChI=1S/C10H11BrClNO2/c1-6(14)5-13-10(15)7-3-2-4-8(11)9(7)12/h2-4,6,14H,5H2,1H3,(H,13,15)/t6-/m1/s1. The van der Waals surface area contributed by atoms with Crippen LogP contribution in [0.15, 0.2) is 22.7 Å². The number of aliphatic hydroxyl groups excluding tert-OH is 1. The number of hydrogen-bond acceptors (Lipinski definition) is 2. The first-order chi connectivity index (χ1) is 7.02. The highest BCUT2D eigenvalue weighted by Crippen LogP contribution is 2.25. The lowest BCUT2D eigenvalue weighted by atomic mass is 10.2. The summed E-state index contributed by atoms with van der Waals surface area (Å²) in [5.74, 6) is -0.290. The molecule has 1 atom stereocenters. The van der Waals surface area contributed by atoms with Crippen LogP contribution in [0.1, 0.15) is 17.3 Å². The van der Waals surface area contributed by atoms with E-state index in [1.807, 2.05) is 0 Å². The van der Waals surface area contributed by atoms with Crippen molar-refractivity contribution in [2.45, 2.75) is 13.0 Å². The highest BCUT2D eigenvalue weighted by atomic mass is 79.9. The molecule has 0 unspecified atom stereocenters. The van der Waals surface area contributed by atoms with Gasteiger partial charge in [-0.1, -0.05) is 17.7 Å². The third kappa shape index (κ3) is 3.48. The highest BCUT2D eigenvalue weighted by Gasteiger charge is 2.12. The van der Waals surface area contributed by atoms with Gasteiger partial charge in [0.25, 0.3) is 5.91 Å². The van der Waals surface area contributed by atoms with E-state index in [1.165, 1.54) is 0 Å². The van der Waals surface area contributed by atoms with E-state index in [0.29, 0.717) is 15.1 Å². The Bertz CT molecular complexity index is 368. The van der Waals surface area contributed by atoms with Crippen LogP contribution in [0.25, 0.3) is 0 Å². The fraction of sp³-hybridized carbons (Fsp3) is 0.300. The summed E-state index contributed by atoms with van der Waals surface area (Å²) < 4.78 is 0.675. The Kier molecular flexibility index (Phi) is 4.57. The average molecular weight is 293 g/mol. The number of halogens is 2. The normalized spacial score (nSPS) is 12.3. The first-order valence-electron chi connectivity index (χ1n) is 4.42. The van der Waals surface area contributed by atoms with Crippen molar-refractivity contribution in [3.05, 3.63) is 33.3 Å². The predicted octanol–water partition coefficient (Wildman–Crippen LogP) is 2.21. The van der Waals surface area contributed by atoms with E-state index in [-0.39, 0.29) is 12.5 Å². The van der Waals surface area contributed by atoms with Crippen LogP contribution in [0.5, 0.6) is 0 Å². The van der Waals surface area contributed by atoms with Gasteiger partial charge >= 0.3 is 0 Å². The monoisotopic (exact) mass is 291 g/mol. The van der Waals surface area contributed by atoms with Gasteiger partial charge in [0.2, 0.25) is 0 Å². The minimum Gasteiger partial charge on any atom is -0.392 e. The lowest BCUT2D eigenvalue weighted by Crippen LogP contribution is -2.30. The molecule has 0 aliphatic carbocycles. The molecule has 82 valence electrons. The number of benzene rings is 1. The van der Waals surface area contributed by atoms with E-state index in [0.717, 1.165) is 0 Å². The SMILES string of the molecule is C[C@@H](O)CNC(=O)c1cccc(Br)c1Cl. The molecule has 1 aromatic carbocycles. The summed E-state index contributed by atoms with van der Waals surface area (Å²) in [6.45, 7) is 1.81. The van der Waals surface area contributed by atoms with E-state index >= 15 is 0 Å². The van der Waals surface area contributed by atoms with Gasteiger partial charge in [0.15, 0.2) is 0 Å². The molecule has 0 fully saturated rings. The molecule has 1 aromatic rings. The second-order valence-electron chi connectivity index (χ2n) is 3.16. The molecule has 2 N–H and O–H groups in total. The van der Waals surface area contributed by atoms with Gasteiger partial charge in [0.05, 0.1) is 16.7 Å². The second-order valence-corrected chi connectivity index (χ2v) is 4.39. The summed E-state index contributed by atoms with van der Waals surface area (Å²) in [5, 5.41) is 12.0. The number of nitrogens with one attached hydrogen (secondary N) is 1. The number of amides is 1. The molecule has 1 amide bonds. The van der Waals surface area contributed by atoms with Crippen LogP contribution in [0.4, 0.5) is 0 Å². The molecule has 0 aromatic heterocycles. The van der Waals surface area contributed by atoms with E-state index in [1.54, 1.807) is 25.1 Å². The van der Waals surface area contributed by atoms with E-state index in [9.17, 15) is 4.79 Å². The molecule has 5 heteroatoms. The molecule has 0 spiro atoms. The van der Waals surface area contributed by atoms with Crippen LogP contribution in [-0.4, -0.2) is 23.7 Å². The summed E-state index contributed by atoms with van der Waals surface area (Å²) >= 11 is 9.17. The fourth-order valence-electron chi connectivity index (χ4n) is 1.01. The van der Waals surface area contributed by atoms with Crippen LogP contribution in [-0.2, 0) is 0 Å². The minimum atomic E-state index is -0.570. The molecule has 0 saturated carbocycles. The first-order valence-corrected chi connectivity index (χ1v) is 5.59. The molecule has 0 radical (unpaired) electrons. The van der Waals surface area contributed by atoms with Crippen molar-refractivity contribution in [2.24, 2.45) is 0 Å². The summed E-state index contributed by atoms with van der Waals surface area (Å²) in [5.41, 5.74) is 0.395. The van der Waals surface area contributed by atoms with Crippen molar-refractivity contribution in [1.29, 1.82) is 0 Å². The van der Waals surface area contributed by atoms with Crippen molar-refractivity contribution in [2.75, 3.05) is 6.54 Å². The van der Waals surface area contributed by atoms with E-state index in [4.69, 9.17) is 16.7 Å². The van der Waals surface area contributed by atoms with Crippen molar-refractivity contribution in [3.8, 4) is 0 Å². The Morgan fingerprint density at radius 1 is 1.67 bits per heavy atom. The maximum absolute atomic E-state index is 11.6. The lowest BCUT2D eigenvalue weighted by Gasteiger charge is -2.08. The quantitative estimate of drug-likeness (QED) is 0.897. The Morgan fingerprint density at radius 3 is 2.93 bits per heavy atom. The molecule has 0 saturated heterocycles. The smallest absolute Gasteiger partial charge is 0.252 e. The fourth-order valence-corrected chi connectivity index (χ4v) is 1.59. The largest absolute Gasteiger partial charge is 0.392 e. The number of hydrogen-bond donors (Lipinski definition) is 2. The van der Waals surface area contributed by atoms with Gasteiger partial charge in [0.1, 0.15) is 0 Å². The van der Waals surface area contributed by atoms with E-state index in [2.05, 4.69) is 21.2 Å². The maximum atomic E-state index is 11.6. The third-order valence-electron chi connectivity index (χ3n) is 1.75. The van der Waals surface area contributed by atoms with Crippen LogP contribution >= 0.6 is 27.5 Å². The van der Waals surface area contributed by atoms with Crippen molar-refractivity contribution in [3.63, 3.8) is 0 Å². The average Bonchev–Trinajstić information content (AvgIpc) is 2.18. The lowest BCUT2D eigenvalue weighted by molar-refractivity contribution is 0.0924. The Balaban J connectivity index is 2.78. The molecule has 0 aliphatic heterocycles. The van der Waals surface area contributed by atoms with Crippen LogP contribution in [0, 0.1) is 0 Å². The number of carbonyl (C=O) groups excluding carboxylic acids is 1. The van der Waals surface area contributed by atoms with Gasteiger partial charge in [-0.2, -0.15) is 0 Å². The number of aliphatic hydroxyl groups is 1. The van der Waals surface area contributed by atoms with Gasteiger partial charge in [-0.05, 0) is 35.0 Å².